The molecular weight excluding hydrogens is 386 g/mol. The van der Waals surface area contributed by atoms with Crippen molar-refractivity contribution in [1.82, 2.24) is 5.43 Å². The number of hydrazone groups is 1. The number of aryl methyl sites for hydroxylation is 1. The Kier molecular flexibility index (Phi) is 6.96. The van der Waals surface area contributed by atoms with E-state index in [9.17, 15) is 0 Å². The summed E-state index contributed by atoms with van der Waals surface area (Å²) in [7, 11) is 0. The zero-order valence-electron chi connectivity index (χ0n) is 13.3. The molecule has 0 unspecified atom stereocenters. The van der Waals surface area contributed by atoms with Crippen molar-refractivity contribution >= 4 is 45.2 Å². The van der Waals surface area contributed by atoms with Crippen molar-refractivity contribution in [3.63, 3.8) is 0 Å². The molecule has 6 heteroatoms. The van der Waals surface area contributed by atoms with Crippen LogP contribution in [0.25, 0.3) is 0 Å². The number of halogens is 1. The van der Waals surface area contributed by atoms with Gasteiger partial charge in [0.25, 0.3) is 0 Å². The van der Waals surface area contributed by atoms with E-state index in [4.69, 9.17) is 17.0 Å². The molecule has 0 heterocycles. The third-order valence-corrected chi connectivity index (χ3v) is 3.66. The molecule has 2 aromatic carbocycles. The second kappa shape index (κ2) is 9.20. The molecule has 2 N–H and O–H groups in total. The lowest BCUT2D eigenvalue weighted by atomic mass is 10.2. The molecule has 2 rings (SSSR count). The van der Waals surface area contributed by atoms with Gasteiger partial charge in [-0.15, -0.1) is 0 Å². The van der Waals surface area contributed by atoms with Gasteiger partial charge in [0, 0.05) is 15.7 Å². The minimum absolute atomic E-state index is 0.417. The first-order valence-corrected chi connectivity index (χ1v) is 8.48. The van der Waals surface area contributed by atoms with Gasteiger partial charge in [-0.3, -0.25) is 5.43 Å². The van der Waals surface area contributed by atoms with Gasteiger partial charge in [0.05, 0.1) is 6.21 Å². The fraction of sp³-hybridized carbons (Fsp3) is 0.111. The number of hydrogen-bond acceptors (Lipinski definition) is 3. The number of rotatable bonds is 6. The van der Waals surface area contributed by atoms with E-state index < -0.39 is 0 Å². The van der Waals surface area contributed by atoms with Gasteiger partial charge in [0.1, 0.15) is 12.4 Å². The van der Waals surface area contributed by atoms with Crippen molar-refractivity contribution in [2.75, 3.05) is 11.9 Å². The van der Waals surface area contributed by atoms with Gasteiger partial charge in [-0.1, -0.05) is 40.7 Å². The summed E-state index contributed by atoms with van der Waals surface area (Å²) >= 11 is 8.67. The number of hydrogen-bond donors (Lipinski definition) is 2. The summed E-state index contributed by atoms with van der Waals surface area (Å²) in [6, 6.07) is 13.6. The van der Waals surface area contributed by atoms with Crippen LogP contribution < -0.4 is 15.5 Å². The molecule has 124 valence electrons. The SMILES string of the molecule is C=CCOc1ccc(Br)cc1C=NNC(=S)Nc1cccc(C)c1. The average molecular weight is 404 g/mol. The fourth-order valence-electron chi connectivity index (χ4n) is 1.94. The number of benzene rings is 2. The summed E-state index contributed by atoms with van der Waals surface area (Å²) in [5, 5.41) is 7.66. The lowest BCUT2D eigenvalue weighted by molar-refractivity contribution is 0.362. The minimum Gasteiger partial charge on any atom is -0.489 e. The highest BCUT2D eigenvalue weighted by Crippen LogP contribution is 2.21. The molecule has 2 aromatic rings. The molecule has 0 atom stereocenters. The first kappa shape index (κ1) is 18.2. The Morgan fingerprint density at radius 2 is 2.17 bits per heavy atom. The van der Waals surface area contributed by atoms with Crippen LogP contribution in [0, 0.1) is 6.92 Å². The second-order valence-corrected chi connectivity index (χ2v) is 6.30. The van der Waals surface area contributed by atoms with E-state index in [2.05, 4.69) is 38.4 Å². The Bertz CT molecular complexity index is 762. The van der Waals surface area contributed by atoms with Crippen molar-refractivity contribution in [3.05, 3.63) is 70.7 Å². The van der Waals surface area contributed by atoms with Crippen LogP contribution >= 0.6 is 28.1 Å². The summed E-state index contributed by atoms with van der Waals surface area (Å²) in [5.41, 5.74) is 5.70. The van der Waals surface area contributed by atoms with E-state index in [0.717, 1.165) is 27.0 Å². The molecule has 0 saturated carbocycles. The molecule has 0 aromatic heterocycles. The number of anilines is 1. The van der Waals surface area contributed by atoms with Crippen LogP contribution in [0.4, 0.5) is 5.69 Å². The molecule has 0 amide bonds. The summed E-state index contributed by atoms with van der Waals surface area (Å²) < 4.78 is 6.54. The summed E-state index contributed by atoms with van der Waals surface area (Å²) in [6.45, 7) is 6.11. The molecule has 0 bridgehead atoms. The summed E-state index contributed by atoms with van der Waals surface area (Å²) in [5.74, 6) is 0.723. The van der Waals surface area contributed by atoms with E-state index in [0.29, 0.717) is 11.7 Å². The quantitative estimate of drug-likeness (QED) is 0.319. The Morgan fingerprint density at radius 3 is 2.92 bits per heavy atom. The van der Waals surface area contributed by atoms with E-state index in [1.54, 1.807) is 12.3 Å². The van der Waals surface area contributed by atoms with E-state index >= 15 is 0 Å². The zero-order chi connectivity index (χ0) is 17.4. The Hall–Kier alpha value is -2.18. The Balaban J connectivity index is 1.99. The molecule has 0 spiro atoms. The maximum Gasteiger partial charge on any atom is 0.191 e. The smallest absolute Gasteiger partial charge is 0.191 e. The molecule has 4 nitrogen and oxygen atoms in total. The van der Waals surface area contributed by atoms with Crippen LogP contribution in [0.1, 0.15) is 11.1 Å². The molecule has 0 aliphatic carbocycles. The van der Waals surface area contributed by atoms with Gasteiger partial charge in [-0.05, 0) is 55.0 Å². The van der Waals surface area contributed by atoms with Crippen molar-refractivity contribution in [3.8, 4) is 5.75 Å². The number of thiocarbonyl (C=S) groups is 1. The Labute approximate surface area is 155 Å². The van der Waals surface area contributed by atoms with Gasteiger partial charge in [0.15, 0.2) is 5.11 Å². The number of nitrogens with one attached hydrogen (secondary N) is 2. The predicted octanol–water partition coefficient (Wildman–Crippen LogP) is 4.64. The second-order valence-electron chi connectivity index (χ2n) is 4.98. The van der Waals surface area contributed by atoms with E-state index in [1.807, 2.05) is 49.4 Å². The zero-order valence-corrected chi connectivity index (χ0v) is 15.7. The largest absolute Gasteiger partial charge is 0.489 e. The first-order valence-electron chi connectivity index (χ1n) is 7.28. The lowest BCUT2D eigenvalue weighted by Crippen LogP contribution is -2.23. The van der Waals surface area contributed by atoms with Crippen LogP contribution in [0.15, 0.2) is 64.7 Å². The molecular formula is C18H18BrN3OS. The topological polar surface area (TPSA) is 45.6 Å². The highest BCUT2D eigenvalue weighted by molar-refractivity contribution is 9.10. The van der Waals surface area contributed by atoms with Crippen LogP contribution in [0.5, 0.6) is 5.75 Å². The van der Waals surface area contributed by atoms with Crippen molar-refractivity contribution in [2.24, 2.45) is 5.10 Å². The molecule has 0 saturated heterocycles. The van der Waals surface area contributed by atoms with Gasteiger partial charge < -0.3 is 10.1 Å². The molecule has 0 aliphatic heterocycles. The van der Waals surface area contributed by atoms with E-state index in [1.165, 1.54) is 0 Å². The number of nitrogens with zero attached hydrogens (tertiary/aromatic N) is 1. The number of ether oxygens (including phenoxy) is 1. The van der Waals surface area contributed by atoms with Gasteiger partial charge in [-0.2, -0.15) is 5.10 Å². The van der Waals surface area contributed by atoms with Crippen molar-refractivity contribution < 1.29 is 4.74 Å². The molecule has 0 aliphatic rings. The highest BCUT2D eigenvalue weighted by Gasteiger charge is 2.02. The molecule has 0 fully saturated rings. The van der Waals surface area contributed by atoms with Crippen molar-refractivity contribution in [2.45, 2.75) is 6.92 Å². The highest BCUT2D eigenvalue weighted by atomic mass is 79.9. The maximum atomic E-state index is 5.60. The minimum atomic E-state index is 0.417. The van der Waals surface area contributed by atoms with Crippen LogP contribution in [-0.2, 0) is 0 Å². The molecule has 24 heavy (non-hydrogen) atoms. The first-order chi connectivity index (χ1) is 11.6. The van der Waals surface area contributed by atoms with E-state index in [-0.39, 0.29) is 0 Å². The third kappa shape index (κ3) is 5.79. The fourth-order valence-corrected chi connectivity index (χ4v) is 2.49. The lowest BCUT2D eigenvalue weighted by Gasteiger charge is -2.09. The van der Waals surface area contributed by atoms with Crippen LogP contribution in [-0.4, -0.2) is 17.9 Å². The average Bonchev–Trinajstić information content (AvgIpc) is 2.54. The van der Waals surface area contributed by atoms with Gasteiger partial charge in [0.2, 0.25) is 0 Å². The summed E-state index contributed by atoms with van der Waals surface area (Å²) in [6.07, 6.45) is 3.36. The standard InChI is InChI=1S/C18H18BrN3OS/c1-3-9-23-17-8-7-15(19)11-14(17)12-20-22-18(24)21-16-6-4-5-13(2)10-16/h3-8,10-12H,1,9H2,2H3,(H2,21,22,24). The third-order valence-electron chi connectivity index (χ3n) is 2.97. The molecule has 0 radical (unpaired) electrons. The predicted molar refractivity (Wildman–Crippen MR) is 108 cm³/mol. The van der Waals surface area contributed by atoms with Crippen molar-refractivity contribution in [1.29, 1.82) is 0 Å². The van der Waals surface area contributed by atoms with Crippen LogP contribution in [0.2, 0.25) is 0 Å². The normalized spacial score (nSPS) is 10.4. The van der Waals surface area contributed by atoms with Crippen LogP contribution in [0.3, 0.4) is 0 Å². The van der Waals surface area contributed by atoms with Gasteiger partial charge >= 0.3 is 0 Å². The Morgan fingerprint density at radius 1 is 1.33 bits per heavy atom. The summed E-state index contributed by atoms with van der Waals surface area (Å²) in [4.78, 5) is 0. The van der Waals surface area contributed by atoms with Gasteiger partial charge in [-0.25, -0.2) is 0 Å². The monoisotopic (exact) mass is 403 g/mol. The maximum absolute atomic E-state index is 5.60.